The zero-order valence-corrected chi connectivity index (χ0v) is 12.8. The van der Waals surface area contributed by atoms with Crippen molar-refractivity contribution in [2.45, 2.75) is 26.2 Å². The summed E-state index contributed by atoms with van der Waals surface area (Å²) in [6.45, 7) is 5.01. The van der Waals surface area contributed by atoms with E-state index in [4.69, 9.17) is 5.73 Å². The Labute approximate surface area is 123 Å². The maximum absolute atomic E-state index is 6.08. The lowest BCUT2D eigenvalue weighted by atomic mass is 9.92. The molecule has 0 radical (unpaired) electrons. The summed E-state index contributed by atoms with van der Waals surface area (Å²) in [6.07, 6.45) is 1.03. The Bertz CT molecular complexity index is 724. The zero-order chi connectivity index (χ0) is 14.1. The Hall–Kier alpha value is -1.58. The van der Waals surface area contributed by atoms with Crippen molar-refractivity contribution in [3.63, 3.8) is 0 Å². The number of aromatic amines is 1. The topological polar surface area (TPSA) is 41.8 Å². The third kappa shape index (κ3) is 2.28. The molecular formula is C17H20N2S. The fraction of sp³-hybridized carbons (Fsp3) is 0.294. The van der Waals surface area contributed by atoms with Crippen molar-refractivity contribution in [1.82, 2.24) is 4.98 Å². The number of hydrogen-bond donors (Lipinski definition) is 2. The zero-order valence-electron chi connectivity index (χ0n) is 11.9. The van der Waals surface area contributed by atoms with Crippen LogP contribution in [0.25, 0.3) is 10.9 Å². The number of aromatic nitrogens is 1. The van der Waals surface area contributed by atoms with Crippen molar-refractivity contribution >= 4 is 22.2 Å². The van der Waals surface area contributed by atoms with Crippen LogP contribution in [0.5, 0.6) is 0 Å². The molecule has 0 fully saturated rings. The van der Waals surface area contributed by atoms with Crippen LogP contribution in [0.15, 0.2) is 35.7 Å². The average Bonchev–Trinajstić information content (AvgIpc) is 2.99. The minimum Gasteiger partial charge on any atom is -0.358 e. The van der Waals surface area contributed by atoms with Crippen molar-refractivity contribution < 1.29 is 0 Å². The van der Waals surface area contributed by atoms with Gasteiger partial charge in [-0.2, -0.15) is 0 Å². The smallest absolute Gasteiger partial charge is 0.0458 e. The van der Waals surface area contributed by atoms with Gasteiger partial charge in [0.15, 0.2) is 0 Å². The summed E-state index contributed by atoms with van der Waals surface area (Å²) >= 11 is 1.84. The number of hydrogen-bond acceptors (Lipinski definition) is 2. The molecule has 1 atom stereocenters. The number of H-pyrrole nitrogens is 1. The number of para-hydroxylation sites is 1. The highest BCUT2D eigenvalue weighted by molar-refractivity contribution is 7.10. The van der Waals surface area contributed by atoms with E-state index in [1.807, 2.05) is 11.3 Å². The molecule has 0 spiro atoms. The number of nitrogens with one attached hydrogen (secondary N) is 1. The Morgan fingerprint density at radius 3 is 2.70 bits per heavy atom. The lowest BCUT2D eigenvalue weighted by Gasteiger charge is -2.15. The van der Waals surface area contributed by atoms with Crippen molar-refractivity contribution in [2.75, 3.05) is 6.54 Å². The lowest BCUT2D eigenvalue weighted by Crippen LogP contribution is -2.15. The summed E-state index contributed by atoms with van der Waals surface area (Å²) < 4.78 is 0. The molecule has 3 heteroatoms. The van der Waals surface area contributed by atoms with Gasteiger partial charge in [0.25, 0.3) is 0 Å². The number of thiophene rings is 1. The largest absolute Gasteiger partial charge is 0.358 e. The molecule has 2 aromatic heterocycles. The third-order valence-electron chi connectivity index (χ3n) is 4.04. The number of fused-ring (bicyclic) bond motifs is 1. The minimum absolute atomic E-state index is 0.378. The SMILES string of the molecule is Cc1ccsc1CC(CN)c1c(C)[nH]c2ccccc12. The number of aryl methyl sites for hydroxylation is 2. The van der Waals surface area contributed by atoms with Gasteiger partial charge in [-0.1, -0.05) is 18.2 Å². The maximum atomic E-state index is 6.08. The average molecular weight is 284 g/mol. The number of rotatable bonds is 4. The molecule has 104 valence electrons. The van der Waals surface area contributed by atoms with E-state index in [1.54, 1.807) is 0 Å². The predicted molar refractivity (Wildman–Crippen MR) is 87.6 cm³/mol. The van der Waals surface area contributed by atoms with E-state index in [1.165, 1.54) is 32.6 Å². The van der Waals surface area contributed by atoms with Crippen molar-refractivity contribution in [2.24, 2.45) is 5.73 Å². The molecular weight excluding hydrogens is 264 g/mol. The predicted octanol–water partition coefficient (Wildman–Crippen LogP) is 4.13. The molecule has 0 aliphatic carbocycles. The molecule has 0 amide bonds. The van der Waals surface area contributed by atoms with E-state index in [9.17, 15) is 0 Å². The second-order valence-corrected chi connectivity index (χ2v) is 6.37. The van der Waals surface area contributed by atoms with Gasteiger partial charge in [0.05, 0.1) is 0 Å². The van der Waals surface area contributed by atoms with Crippen molar-refractivity contribution in [1.29, 1.82) is 0 Å². The van der Waals surface area contributed by atoms with E-state index >= 15 is 0 Å². The normalized spacial score (nSPS) is 12.9. The van der Waals surface area contributed by atoms with E-state index < -0.39 is 0 Å². The Morgan fingerprint density at radius 1 is 1.20 bits per heavy atom. The van der Waals surface area contributed by atoms with Crippen LogP contribution in [0, 0.1) is 13.8 Å². The molecule has 3 rings (SSSR count). The van der Waals surface area contributed by atoms with Gasteiger partial charge in [0.2, 0.25) is 0 Å². The summed E-state index contributed by atoms with van der Waals surface area (Å²) in [4.78, 5) is 4.93. The van der Waals surface area contributed by atoms with Gasteiger partial charge in [0.1, 0.15) is 0 Å². The van der Waals surface area contributed by atoms with Crippen LogP contribution in [-0.2, 0) is 6.42 Å². The molecule has 0 aliphatic heterocycles. The summed E-state index contributed by atoms with van der Waals surface area (Å²) in [5, 5.41) is 3.48. The number of benzene rings is 1. The van der Waals surface area contributed by atoms with Crippen molar-refractivity contribution in [3.05, 3.63) is 57.4 Å². The first-order chi connectivity index (χ1) is 9.70. The monoisotopic (exact) mass is 284 g/mol. The van der Waals surface area contributed by atoms with Gasteiger partial charge in [0, 0.05) is 27.4 Å². The second-order valence-electron chi connectivity index (χ2n) is 5.37. The highest BCUT2D eigenvalue weighted by atomic mass is 32.1. The van der Waals surface area contributed by atoms with Gasteiger partial charge in [-0.3, -0.25) is 0 Å². The lowest BCUT2D eigenvalue weighted by molar-refractivity contribution is 0.699. The summed E-state index contributed by atoms with van der Waals surface area (Å²) in [7, 11) is 0. The Balaban J connectivity index is 2.03. The van der Waals surface area contributed by atoms with Crippen LogP contribution in [0.3, 0.4) is 0 Å². The molecule has 20 heavy (non-hydrogen) atoms. The molecule has 0 bridgehead atoms. The van der Waals surface area contributed by atoms with Crippen LogP contribution >= 0.6 is 11.3 Å². The van der Waals surface area contributed by atoms with Crippen LogP contribution in [-0.4, -0.2) is 11.5 Å². The summed E-state index contributed by atoms with van der Waals surface area (Å²) in [6, 6.07) is 10.7. The van der Waals surface area contributed by atoms with Gasteiger partial charge in [-0.15, -0.1) is 11.3 Å². The molecule has 0 saturated heterocycles. The maximum Gasteiger partial charge on any atom is 0.0458 e. The molecule has 2 heterocycles. The van der Waals surface area contributed by atoms with Crippen LogP contribution in [0.2, 0.25) is 0 Å². The standard InChI is InChI=1S/C17H20N2S/c1-11-7-8-20-16(11)9-13(10-18)17-12(2)19-15-6-4-3-5-14(15)17/h3-8,13,19H,9-10,18H2,1-2H3. The molecule has 0 saturated carbocycles. The van der Waals surface area contributed by atoms with Crippen LogP contribution in [0.1, 0.15) is 27.6 Å². The van der Waals surface area contributed by atoms with E-state index in [0.717, 1.165) is 6.42 Å². The first kappa shape index (κ1) is 13.4. The highest BCUT2D eigenvalue weighted by Gasteiger charge is 2.19. The third-order valence-corrected chi connectivity index (χ3v) is 5.08. The highest BCUT2D eigenvalue weighted by Crippen LogP contribution is 2.32. The molecule has 2 nitrogen and oxygen atoms in total. The molecule has 1 unspecified atom stereocenters. The summed E-state index contributed by atoms with van der Waals surface area (Å²) in [5.41, 5.74) is 11.3. The molecule has 3 N–H and O–H groups in total. The number of nitrogens with two attached hydrogens (primary N) is 1. The minimum atomic E-state index is 0.378. The van der Waals surface area contributed by atoms with E-state index in [0.29, 0.717) is 12.5 Å². The molecule has 3 aromatic rings. The van der Waals surface area contributed by atoms with Crippen LogP contribution < -0.4 is 5.73 Å². The Kier molecular flexibility index (Phi) is 3.64. The first-order valence-electron chi connectivity index (χ1n) is 7.01. The van der Waals surface area contributed by atoms with Gasteiger partial charge in [-0.25, -0.2) is 0 Å². The van der Waals surface area contributed by atoms with Gasteiger partial charge < -0.3 is 10.7 Å². The van der Waals surface area contributed by atoms with Gasteiger partial charge in [-0.05, 0) is 55.5 Å². The molecule has 1 aromatic carbocycles. The fourth-order valence-electron chi connectivity index (χ4n) is 2.96. The fourth-order valence-corrected chi connectivity index (χ4v) is 3.95. The van der Waals surface area contributed by atoms with E-state index in [2.05, 4.69) is 54.5 Å². The Morgan fingerprint density at radius 2 is 2.00 bits per heavy atom. The van der Waals surface area contributed by atoms with Crippen molar-refractivity contribution in [3.8, 4) is 0 Å². The molecule has 0 aliphatic rings. The first-order valence-corrected chi connectivity index (χ1v) is 7.89. The van der Waals surface area contributed by atoms with E-state index in [-0.39, 0.29) is 0 Å². The quantitative estimate of drug-likeness (QED) is 0.743. The van der Waals surface area contributed by atoms with Crippen LogP contribution in [0.4, 0.5) is 0 Å². The second kappa shape index (κ2) is 5.43. The summed E-state index contributed by atoms with van der Waals surface area (Å²) in [5.74, 6) is 0.378. The van der Waals surface area contributed by atoms with Gasteiger partial charge >= 0.3 is 0 Å².